The van der Waals surface area contributed by atoms with Gasteiger partial charge in [0.05, 0.1) is 12.8 Å². The summed E-state index contributed by atoms with van der Waals surface area (Å²) in [5.41, 5.74) is 3.45. The van der Waals surface area contributed by atoms with Gasteiger partial charge in [-0.1, -0.05) is 15.9 Å². The molecule has 4 heteroatoms. The van der Waals surface area contributed by atoms with Gasteiger partial charge in [0.15, 0.2) is 0 Å². The molecule has 3 nitrogen and oxygen atoms in total. The number of methoxy groups -OCH3 is 1. The molecule has 19 heavy (non-hydrogen) atoms. The van der Waals surface area contributed by atoms with E-state index in [1.54, 1.807) is 7.11 Å². The number of halogens is 1. The van der Waals surface area contributed by atoms with Crippen molar-refractivity contribution in [3.63, 3.8) is 0 Å². The zero-order valence-corrected chi connectivity index (χ0v) is 13.7. The maximum absolute atomic E-state index is 5.48. The van der Waals surface area contributed by atoms with Crippen LogP contribution in [0.1, 0.15) is 29.7 Å². The Morgan fingerprint density at radius 2 is 2.05 bits per heavy atom. The number of alkyl halides is 1. The Kier molecular flexibility index (Phi) is 5.22. The third-order valence-corrected chi connectivity index (χ3v) is 4.96. The minimum absolute atomic E-state index is 0.845. The van der Waals surface area contributed by atoms with Gasteiger partial charge in [-0.2, -0.15) is 0 Å². The molecule has 0 aromatic carbocycles. The van der Waals surface area contributed by atoms with Gasteiger partial charge < -0.3 is 4.74 Å². The Morgan fingerprint density at radius 3 is 2.63 bits per heavy atom. The molecule has 1 fully saturated rings. The van der Waals surface area contributed by atoms with Gasteiger partial charge >= 0.3 is 0 Å². The van der Waals surface area contributed by atoms with Gasteiger partial charge in [-0.15, -0.1) is 0 Å². The number of nitrogens with zero attached hydrogens (tertiary/aromatic N) is 2. The lowest BCUT2D eigenvalue weighted by atomic mass is 9.99. The van der Waals surface area contributed by atoms with Crippen molar-refractivity contribution >= 4 is 15.9 Å². The van der Waals surface area contributed by atoms with Crippen LogP contribution < -0.4 is 4.74 Å². The minimum atomic E-state index is 0.845. The highest BCUT2D eigenvalue weighted by Gasteiger charge is 2.20. The first-order valence-corrected chi connectivity index (χ1v) is 8.05. The highest BCUT2D eigenvalue weighted by atomic mass is 79.9. The summed E-state index contributed by atoms with van der Waals surface area (Å²) in [7, 11) is 1.74. The van der Waals surface area contributed by atoms with E-state index >= 15 is 0 Å². The Balaban J connectivity index is 2.04. The van der Waals surface area contributed by atoms with E-state index in [1.165, 1.54) is 31.5 Å². The maximum atomic E-state index is 5.48. The molecule has 1 aromatic rings. The van der Waals surface area contributed by atoms with Crippen molar-refractivity contribution in [2.24, 2.45) is 5.92 Å². The van der Waals surface area contributed by atoms with Crippen LogP contribution in [0.5, 0.6) is 5.75 Å². The predicted molar refractivity (Wildman–Crippen MR) is 82.1 cm³/mol. The van der Waals surface area contributed by atoms with Crippen LogP contribution in [-0.2, 0) is 6.54 Å². The summed E-state index contributed by atoms with van der Waals surface area (Å²) in [5.74, 6) is 1.83. The van der Waals surface area contributed by atoms with Crippen LogP contribution in [0.2, 0.25) is 0 Å². The second kappa shape index (κ2) is 6.71. The van der Waals surface area contributed by atoms with E-state index in [4.69, 9.17) is 4.74 Å². The van der Waals surface area contributed by atoms with Crippen molar-refractivity contribution in [3.05, 3.63) is 23.0 Å². The lowest BCUT2D eigenvalue weighted by molar-refractivity contribution is 0.185. The van der Waals surface area contributed by atoms with Crippen LogP contribution in [0.4, 0.5) is 0 Å². The van der Waals surface area contributed by atoms with Crippen molar-refractivity contribution in [2.45, 2.75) is 33.2 Å². The van der Waals surface area contributed by atoms with E-state index in [1.807, 2.05) is 13.1 Å². The van der Waals surface area contributed by atoms with E-state index in [0.717, 1.165) is 34.8 Å². The number of hydrogen-bond donors (Lipinski definition) is 0. The smallest absolute Gasteiger partial charge is 0.128 e. The van der Waals surface area contributed by atoms with Gasteiger partial charge in [0.2, 0.25) is 0 Å². The number of aromatic nitrogens is 1. The van der Waals surface area contributed by atoms with E-state index in [-0.39, 0.29) is 0 Å². The summed E-state index contributed by atoms with van der Waals surface area (Å²) in [6, 6.07) is 0. The summed E-state index contributed by atoms with van der Waals surface area (Å²) in [4.78, 5) is 7.09. The first kappa shape index (κ1) is 14.8. The van der Waals surface area contributed by atoms with Crippen LogP contribution in [0.15, 0.2) is 6.20 Å². The zero-order valence-electron chi connectivity index (χ0n) is 12.1. The number of piperidine rings is 1. The van der Waals surface area contributed by atoms with Crippen LogP contribution in [0.3, 0.4) is 0 Å². The zero-order chi connectivity index (χ0) is 13.8. The van der Waals surface area contributed by atoms with Crippen molar-refractivity contribution in [2.75, 3.05) is 25.5 Å². The maximum Gasteiger partial charge on any atom is 0.128 e. The summed E-state index contributed by atoms with van der Waals surface area (Å²) < 4.78 is 5.48. The van der Waals surface area contributed by atoms with Crippen molar-refractivity contribution in [1.29, 1.82) is 0 Å². The average Bonchev–Trinajstić information content (AvgIpc) is 2.43. The molecule has 0 aliphatic carbocycles. The molecule has 0 unspecified atom stereocenters. The molecule has 1 aromatic heterocycles. The number of likely N-dealkylation sites (tertiary alicyclic amines) is 1. The molecular weight excluding hydrogens is 304 g/mol. The SMILES string of the molecule is COc1c(C)cnc(CN2CCC(CBr)CC2)c1C. The van der Waals surface area contributed by atoms with Crippen LogP contribution in [0.25, 0.3) is 0 Å². The van der Waals surface area contributed by atoms with Gasteiger partial charge in [-0.05, 0) is 45.7 Å². The Hall–Kier alpha value is -0.610. The monoisotopic (exact) mass is 326 g/mol. The quantitative estimate of drug-likeness (QED) is 0.794. The topological polar surface area (TPSA) is 25.4 Å². The highest BCUT2D eigenvalue weighted by molar-refractivity contribution is 9.09. The molecule has 0 radical (unpaired) electrons. The van der Waals surface area contributed by atoms with Gasteiger partial charge in [0, 0.05) is 29.2 Å². The molecule has 0 amide bonds. The van der Waals surface area contributed by atoms with E-state index < -0.39 is 0 Å². The molecule has 0 spiro atoms. The standard InChI is InChI=1S/C15H23BrN2O/c1-11-9-17-14(12(2)15(11)19-3)10-18-6-4-13(8-16)5-7-18/h9,13H,4-8,10H2,1-3H3. The molecule has 1 aliphatic heterocycles. The van der Waals surface area contributed by atoms with Gasteiger partial charge in [0.25, 0.3) is 0 Å². The lowest BCUT2D eigenvalue weighted by Crippen LogP contribution is -2.34. The molecule has 1 aliphatic rings. The molecule has 2 rings (SSSR count). The summed E-state index contributed by atoms with van der Waals surface area (Å²) in [6.07, 6.45) is 4.49. The molecular formula is C15H23BrN2O. The molecule has 106 valence electrons. The number of hydrogen-bond acceptors (Lipinski definition) is 3. The third-order valence-electron chi connectivity index (χ3n) is 4.05. The molecule has 1 saturated heterocycles. The third kappa shape index (κ3) is 3.48. The van der Waals surface area contributed by atoms with Gasteiger partial charge in [0.1, 0.15) is 5.75 Å². The van der Waals surface area contributed by atoms with Crippen LogP contribution >= 0.6 is 15.9 Å². The fourth-order valence-electron chi connectivity index (χ4n) is 2.74. The second-order valence-electron chi connectivity index (χ2n) is 5.42. The molecule has 0 saturated carbocycles. The van der Waals surface area contributed by atoms with Gasteiger partial charge in [-0.25, -0.2) is 0 Å². The van der Waals surface area contributed by atoms with Crippen LogP contribution in [-0.4, -0.2) is 35.4 Å². The highest BCUT2D eigenvalue weighted by Crippen LogP contribution is 2.26. The molecule has 0 N–H and O–H groups in total. The fourth-order valence-corrected chi connectivity index (χ4v) is 3.39. The van der Waals surface area contributed by atoms with E-state index in [9.17, 15) is 0 Å². The Morgan fingerprint density at radius 1 is 1.37 bits per heavy atom. The average molecular weight is 327 g/mol. The minimum Gasteiger partial charge on any atom is -0.496 e. The second-order valence-corrected chi connectivity index (χ2v) is 6.07. The van der Waals surface area contributed by atoms with E-state index in [2.05, 4.69) is 32.7 Å². The van der Waals surface area contributed by atoms with Crippen molar-refractivity contribution in [1.82, 2.24) is 9.88 Å². The summed E-state index contributed by atoms with van der Waals surface area (Å²) in [5, 5.41) is 1.14. The largest absolute Gasteiger partial charge is 0.496 e. The molecule has 0 bridgehead atoms. The normalized spacial score (nSPS) is 17.7. The van der Waals surface area contributed by atoms with Gasteiger partial charge in [-0.3, -0.25) is 9.88 Å². The molecule has 2 heterocycles. The van der Waals surface area contributed by atoms with Crippen molar-refractivity contribution in [3.8, 4) is 5.75 Å². The Labute approximate surface area is 124 Å². The number of ether oxygens (including phenoxy) is 1. The first-order chi connectivity index (χ1) is 9.15. The number of aryl methyl sites for hydroxylation is 1. The van der Waals surface area contributed by atoms with Crippen molar-refractivity contribution < 1.29 is 4.74 Å². The lowest BCUT2D eigenvalue weighted by Gasteiger charge is -2.31. The number of rotatable bonds is 4. The summed E-state index contributed by atoms with van der Waals surface area (Å²) >= 11 is 3.59. The van der Waals surface area contributed by atoms with E-state index in [0.29, 0.717) is 0 Å². The Bertz CT molecular complexity index is 428. The summed E-state index contributed by atoms with van der Waals surface area (Å²) in [6.45, 7) is 7.45. The number of pyridine rings is 1. The first-order valence-electron chi connectivity index (χ1n) is 6.93. The van der Waals surface area contributed by atoms with Crippen LogP contribution in [0, 0.1) is 19.8 Å². The fraction of sp³-hybridized carbons (Fsp3) is 0.667. The molecule has 0 atom stereocenters. The predicted octanol–water partition coefficient (Wildman–Crippen LogP) is 3.31.